The van der Waals surface area contributed by atoms with Crippen LogP contribution in [0.3, 0.4) is 0 Å². The Labute approximate surface area is 108 Å². The zero-order valence-electron chi connectivity index (χ0n) is 9.54. The quantitative estimate of drug-likeness (QED) is 0.619. The molecule has 0 radical (unpaired) electrons. The Morgan fingerprint density at radius 1 is 1.39 bits per heavy atom. The van der Waals surface area contributed by atoms with Crippen LogP contribution in [0.25, 0.3) is 0 Å². The van der Waals surface area contributed by atoms with Gasteiger partial charge in [0.1, 0.15) is 4.90 Å². The maximum atomic E-state index is 13.5. The molecule has 0 bridgehead atoms. The first-order valence-electron chi connectivity index (χ1n) is 4.93. The van der Waals surface area contributed by atoms with E-state index >= 15 is 0 Å². The third-order valence-electron chi connectivity index (χ3n) is 2.06. The summed E-state index contributed by atoms with van der Waals surface area (Å²) in [4.78, 5) is -0.908. The predicted octanol–water partition coefficient (Wildman–Crippen LogP) is 3.24. The number of hydrogen-bond donors (Lipinski definition) is 0. The van der Waals surface area contributed by atoms with E-state index in [2.05, 4.69) is 6.58 Å². The number of halogens is 3. The van der Waals surface area contributed by atoms with Crippen LogP contribution >= 0.6 is 10.7 Å². The van der Waals surface area contributed by atoms with Crippen molar-refractivity contribution in [2.24, 2.45) is 0 Å². The van der Waals surface area contributed by atoms with Gasteiger partial charge in [-0.2, -0.15) is 4.39 Å². The van der Waals surface area contributed by atoms with Crippen LogP contribution in [0.2, 0.25) is 0 Å². The van der Waals surface area contributed by atoms with E-state index in [9.17, 15) is 17.2 Å². The van der Waals surface area contributed by atoms with E-state index in [1.165, 1.54) is 0 Å². The Morgan fingerprint density at radius 3 is 2.50 bits per heavy atom. The van der Waals surface area contributed by atoms with Crippen LogP contribution in [0.1, 0.15) is 13.3 Å². The van der Waals surface area contributed by atoms with E-state index in [1.54, 1.807) is 6.92 Å². The zero-order chi connectivity index (χ0) is 13.9. The molecule has 0 aliphatic carbocycles. The maximum Gasteiger partial charge on any atom is 0.264 e. The third-order valence-corrected chi connectivity index (χ3v) is 3.40. The van der Waals surface area contributed by atoms with Gasteiger partial charge in [0.15, 0.2) is 11.6 Å². The minimum atomic E-state index is -4.32. The van der Waals surface area contributed by atoms with Gasteiger partial charge in [0.05, 0.1) is 6.61 Å². The molecular weight excluding hydrogens is 286 g/mol. The van der Waals surface area contributed by atoms with E-state index < -0.39 is 25.6 Å². The van der Waals surface area contributed by atoms with Gasteiger partial charge in [0.25, 0.3) is 9.05 Å². The second kappa shape index (κ2) is 5.67. The smallest absolute Gasteiger partial charge is 0.264 e. The zero-order valence-corrected chi connectivity index (χ0v) is 11.1. The summed E-state index contributed by atoms with van der Waals surface area (Å²) in [6, 6.07) is 1.88. The summed E-state index contributed by atoms with van der Waals surface area (Å²) in [5, 5.41) is 0. The monoisotopic (exact) mass is 296 g/mol. The minimum Gasteiger partial charge on any atom is -0.490 e. The van der Waals surface area contributed by atoms with E-state index in [0.29, 0.717) is 6.42 Å². The van der Waals surface area contributed by atoms with Gasteiger partial charge in [-0.3, -0.25) is 0 Å². The highest BCUT2D eigenvalue weighted by atomic mass is 35.7. The highest BCUT2D eigenvalue weighted by molar-refractivity contribution is 8.13. The summed E-state index contributed by atoms with van der Waals surface area (Å²) in [7, 11) is 0.628. The predicted molar refractivity (Wildman–Crippen MR) is 64.3 cm³/mol. The Morgan fingerprint density at radius 2 is 2.00 bits per heavy atom. The molecule has 0 amide bonds. The van der Waals surface area contributed by atoms with Crippen LogP contribution in [0.15, 0.2) is 29.2 Å². The Bertz CT molecular complexity index is 570. The lowest BCUT2D eigenvalue weighted by molar-refractivity contribution is 0.297. The van der Waals surface area contributed by atoms with Gasteiger partial charge in [-0.15, -0.1) is 6.58 Å². The van der Waals surface area contributed by atoms with Crippen LogP contribution in [-0.4, -0.2) is 15.0 Å². The molecule has 1 rings (SSSR count). The fourth-order valence-corrected chi connectivity index (χ4v) is 2.04. The summed E-state index contributed by atoms with van der Waals surface area (Å²) in [6.07, 6.45) is 0.483. The number of rotatable bonds is 5. The van der Waals surface area contributed by atoms with E-state index in [1.807, 2.05) is 0 Å². The molecule has 0 saturated heterocycles. The molecule has 0 fully saturated rings. The van der Waals surface area contributed by atoms with Crippen LogP contribution in [-0.2, 0) is 9.05 Å². The molecule has 100 valence electrons. The third kappa shape index (κ3) is 3.68. The van der Waals surface area contributed by atoms with Gasteiger partial charge in [-0.25, -0.2) is 12.8 Å². The molecule has 18 heavy (non-hydrogen) atoms. The Kier molecular flexibility index (Phi) is 4.70. The standard InChI is InChI=1S/C11H11ClF2O3S/c1-7(2)5-6-17-8-3-4-9(18(12,15)16)11(14)10(8)13/h3-4H,1,5-6H2,2H3. The number of ether oxygens (including phenoxy) is 1. The lowest BCUT2D eigenvalue weighted by Gasteiger charge is -2.08. The van der Waals surface area contributed by atoms with Crippen molar-refractivity contribution in [3.05, 3.63) is 35.9 Å². The molecule has 0 aliphatic heterocycles. The SMILES string of the molecule is C=C(C)CCOc1ccc(S(=O)(=O)Cl)c(F)c1F. The molecule has 1 aromatic rings. The van der Waals surface area contributed by atoms with Crippen LogP contribution < -0.4 is 4.74 Å². The van der Waals surface area contributed by atoms with Crippen molar-refractivity contribution in [1.29, 1.82) is 0 Å². The highest BCUT2D eigenvalue weighted by Gasteiger charge is 2.22. The first-order chi connectivity index (χ1) is 8.23. The second-order valence-corrected chi connectivity index (χ2v) is 6.22. The molecule has 0 saturated carbocycles. The van der Waals surface area contributed by atoms with Crippen LogP contribution in [0.4, 0.5) is 8.78 Å². The Hall–Kier alpha value is -1.14. The first kappa shape index (κ1) is 14.9. The summed E-state index contributed by atoms with van der Waals surface area (Å²) >= 11 is 0. The van der Waals surface area contributed by atoms with Gasteiger partial charge < -0.3 is 4.74 Å². The lowest BCUT2D eigenvalue weighted by atomic mass is 10.2. The molecular formula is C11H11ClF2O3S. The summed E-state index contributed by atoms with van der Waals surface area (Å²) < 4.78 is 53.7. The fourth-order valence-electron chi connectivity index (χ4n) is 1.15. The molecule has 1 aromatic carbocycles. The topological polar surface area (TPSA) is 43.4 Å². The molecule has 7 heteroatoms. The summed E-state index contributed by atoms with van der Waals surface area (Å²) in [5.41, 5.74) is 0.829. The maximum absolute atomic E-state index is 13.5. The number of hydrogen-bond acceptors (Lipinski definition) is 3. The van der Waals surface area contributed by atoms with Gasteiger partial charge in [0.2, 0.25) is 5.82 Å². The first-order valence-corrected chi connectivity index (χ1v) is 7.24. The van der Waals surface area contributed by atoms with Gasteiger partial charge in [-0.1, -0.05) is 5.57 Å². The molecule has 0 aliphatic rings. The lowest BCUT2D eigenvalue weighted by Crippen LogP contribution is -2.04. The summed E-state index contributed by atoms with van der Waals surface area (Å²) in [5.74, 6) is -3.28. The van der Waals surface area contributed by atoms with Crippen molar-refractivity contribution in [3.63, 3.8) is 0 Å². The minimum absolute atomic E-state index is 0.124. The van der Waals surface area contributed by atoms with Crippen molar-refractivity contribution in [3.8, 4) is 5.75 Å². The Balaban J connectivity index is 2.98. The summed E-state index contributed by atoms with van der Waals surface area (Å²) in [6.45, 7) is 5.52. The number of benzene rings is 1. The van der Waals surface area contributed by atoms with Crippen molar-refractivity contribution in [2.75, 3.05) is 6.61 Å². The van der Waals surface area contributed by atoms with Crippen molar-refractivity contribution < 1.29 is 21.9 Å². The molecule has 0 aromatic heterocycles. The second-order valence-electron chi connectivity index (χ2n) is 3.68. The van der Waals surface area contributed by atoms with Crippen molar-refractivity contribution in [2.45, 2.75) is 18.2 Å². The molecule has 0 unspecified atom stereocenters. The van der Waals surface area contributed by atoms with Crippen LogP contribution in [0, 0.1) is 11.6 Å². The molecule has 3 nitrogen and oxygen atoms in total. The molecule has 0 N–H and O–H groups in total. The van der Waals surface area contributed by atoms with Crippen LogP contribution in [0.5, 0.6) is 5.75 Å². The van der Waals surface area contributed by atoms with E-state index in [-0.39, 0.29) is 12.4 Å². The normalized spacial score (nSPS) is 11.3. The average Bonchev–Trinajstić information content (AvgIpc) is 2.22. The van der Waals surface area contributed by atoms with E-state index in [4.69, 9.17) is 15.4 Å². The van der Waals surface area contributed by atoms with Crippen molar-refractivity contribution in [1.82, 2.24) is 0 Å². The van der Waals surface area contributed by atoms with Gasteiger partial charge >= 0.3 is 0 Å². The molecule has 0 spiro atoms. The fraction of sp³-hybridized carbons (Fsp3) is 0.273. The average molecular weight is 297 g/mol. The van der Waals surface area contributed by atoms with E-state index in [0.717, 1.165) is 17.7 Å². The largest absolute Gasteiger partial charge is 0.490 e. The molecule has 0 atom stereocenters. The van der Waals surface area contributed by atoms with Crippen molar-refractivity contribution >= 4 is 19.7 Å². The highest BCUT2D eigenvalue weighted by Crippen LogP contribution is 2.27. The van der Waals surface area contributed by atoms with Gasteiger partial charge in [-0.05, 0) is 19.1 Å². The molecule has 0 heterocycles. The van der Waals surface area contributed by atoms with Gasteiger partial charge in [0, 0.05) is 17.1 Å².